The molecule has 0 spiro atoms. The van der Waals surface area contributed by atoms with Crippen LogP contribution >= 0.6 is 0 Å². The number of likely N-dealkylation sites (tertiary alicyclic amines) is 1. The maximum atomic E-state index is 12.8. The molecule has 3 rings (SSSR count). The van der Waals surface area contributed by atoms with E-state index >= 15 is 0 Å². The van der Waals surface area contributed by atoms with Crippen molar-refractivity contribution < 1.29 is 9.53 Å². The molecule has 1 aromatic heterocycles. The molecule has 132 valence electrons. The van der Waals surface area contributed by atoms with Crippen LogP contribution in [0, 0.1) is 12.8 Å². The van der Waals surface area contributed by atoms with Crippen LogP contribution < -0.4 is 10.3 Å². The van der Waals surface area contributed by atoms with Gasteiger partial charge in [0.25, 0.3) is 5.91 Å². The number of hydrogen-bond donors (Lipinski definition) is 1. The van der Waals surface area contributed by atoms with Gasteiger partial charge in [0, 0.05) is 25.4 Å². The van der Waals surface area contributed by atoms with Gasteiger partial charge < -0.3 is 14.6 Å². The maximum absolute atomic E-state index is 12.8. The van der Waals surface area contributed by atoms with Gasteiger partial charge in [0.15, 0.2) is 0 Å². The molecule has 1 aliphatic heterocycles. The number of aryl methyl sites for hydroxylation is 1. The minimum atomic E-state index is -0.176. The van der Waals surface area contributed by atoms with Crippen LogP contribution in [0.5, 0.6) is 5.75 Å². The van der Waals surface area contributed by atoms with E-state index in [2.05, 4.69) is 17.1 Å². The Morgan fingerprint density at radius 2 is 2.08 bits per heavy atom. The van der Waals surface area contributed by atoms with Crippen molar-refractivity contribution in [2.24, 2.45) is 5.92 Å². The Bertz CT molecular complexity index is 795. The van der Waals surface area contributed by atoms with Gasteiger partial charge in [-0.2, -0.15) is 0 Å². The van der Waals surface area contributed by atoms with Gasteiger partial charge >= 0.3 is 0 Å². The second-order valence-corrected chi connectivity index (χ2v) is 6.71. The number of nitrogens with zero attached hydrogens (tertiary/aromatic N) is 1. The summed E-state index contributed by atoms with van der Waals surface area (Å²) in [6.45, 7) is 3.33. The van der Waals surface area contributed by atoms with Crippen LogP contribution in [0.15, 0.2) is 41.3 Å². The Morgan fingerprint density at radius 1 is 1.32 bits per heavy atom. The largest absolute Gasteiger partial charge is 0.497 e. The lowest BCUT2D eigenvalue weighted by Gasteiger charge is -2.33. The Labute approximate surface area is 147 Å². The number of aromatic amines is 1. The smallest absolute Gasteiger partial charge is 0.255 e. The van der Waals surface area contributed by atoms with E-state index in [1.54, 1.807) is 14.0 Å². The monoisotopic (exact) mass is 340 g/mol. The zero-order valence-corrected chi connectivity index (χ0v) is 14.7. The number of hydrogen-bond acceptors (Lipinski definition) is 3. The molecule has 1 N–H and O–H groups in total. The van der Waals surface area contributed by atoms with Crippen LogP contribution in [0.1, 0.15) is 34.3 Å². The maximum Gasteiger partial charge on any atom is 0.255 e. The fraction of sp³-hybridized carbons (Fsp3) is 0.400. The molecular formula is C20H24N2O3. The topological polar surface area (TPSA) is 62.4 Å². The summed E-state index contributed by atoms with van der Waals surface area (Å²) in [6.07, 6.45) is 4.63. The third-order valence-corrected chi connectivity index (χ3v) is 4.85. The summed E-state index contributed by atoms with van der Waals surface area (Å²) in [5, 5.41) is 0. The van der Waals surface area contributed by atoms with Crippen LogP contribution in [-0.2, 0) is 6.42 Å². The van der Waals surface area contributed by atoms with E-state index in [4.69, 9.17) is 4.74 Å². The molecule has 1 fully saturated rings. The number of rotatable bonds is 4. The molecule has 5 heteroatoms. The van der Waals surface area contributed by atoms with Gasteiger partial charge in [0.2, 0.25) is 5.56 Å². The van der Waals surface area contributed by atoms with Crippen molar-refractivity contribution in [3.05, 3.63) is 63.6 Å². The number of pyridine rings is 1. The molecule has 1 atom stereocenters. The summed E-state index contributed by atoms with van der Waals surface area (Å²) in [5.74, 6) is 1.32. The zero-order chi connectivity index (χ0) is 17.8. The number of carbonyl (C=O) groups is 1. The van der Waals surface area contributed by atoms with E-state index in [-0.39, 0.29) is 11.5 Å². The molecule has 2 heterocycles. The first-order valence-corrected chi connectivity index (χ1v) is 8.68. The first-order valence-electron chi connectivity index (χ1n) is 8.68. The number of aromatic nitrogens is 1. The number of benzene rings is 1. The average molecular weight is 340 g/mol. The van der Waals surface area contributed by atoms with E-state index in [0.29, 0.717) is 11.5 Å². The Hall–Kier alpha value is -2.56. The molecule has 0 unspecified atom stereocenters. The fourth-order valence-corrected chi connectivity index (χ4v) is 3.49. The number of nitrogens with one attached hydrogen (secondary N) is 1. The highest BCUT2D eigenvalue weighted by atomic mass is 16.5. The lowest BCUT2D eigenvalue weighted by molar-refractivity contribution is 0.0672. The van der Waals surface area contributed by atoms with Crippen molar-refractivity contribution >= 4 is 5.91 Å². The Morgan fingerprint density at radius 3 is 2.76 bits per heavy atom. The predicted molar refractivity (Wildman–Crippen MR) is 97.1 cm³/mol. The molecule has 1 saturated heterocycles. The summed E-state index contributed by atoms with van der Waals surface area (Å²) >= 11 is 0. The van der Waals surface area contributed by atoms with Crippen molar-refractivity contribution in [1.82, 2.24) is 9.88 Å². The standard InChI is InChI=1S/C20H24N2O3/c1-14-10-19(23)21-12-18(14)20(24)22-9-3-4-16(13-22)11-15-5-7-17(25-2)8-6-15/h5-8,10,12,16H,3-4,9,11,13H2,1-2H3,(H,21,23)/t16-/m1/s1. The van der Waals surface area contributed by atoms with Crippen molar-refractivity contribution in [2.75, 3.05) is 20.2 Å². The molecule has 5 nitrogen and oxygen atoms in total. The molecule has 25 heavy (non-hydrogen) atoms. The molecule has 2 aromatic rings. The van der Waals surface area contributed by atoms with Crippen molar-refractivity contribution in [2.45, 2.75) is 26.2 Å². The molecule has 0 saturated carbocycles. The van der Waals surface area contributed by atoms with E-state index in [9.17, 15) is 9.59 Å². The highest BCUT2D eigenvalue weighted by Crippen LogP contribution is 2.23. The molecular weight excluding hydrogens is 316 g/mol. The molecule has 0 bridgehead atoms. The summed E-state index contributed by atoms with van der Waals surface area (Å²) in [4.78, 5) is 28.7. The molecule has 1 aromatic carbocycles. The second-order valence-electron chi connectivity index (χ2n) is 6.71. The number of ether oxygens (including phenoxy) is 1. The Balaban J connectivity index is 1.67. The lowest BCUT2D eigenvalue weighted by atomic mass is 9.91. The van der Waals surface area contributed by atoms with Gasteiger partial charge in [0.05, 0.1) is 12.7 Å². The van der Waals surface area contributed by atoms with Gasteiger partial charge in [-0.15, -0.1) is 0 Å². The number of H-pyrrole nitrogens is 1. The average Bonchev–Trinajstić information content (AvgIpc) is 2.62. The van der Waals surface area contributed by atoms with Crippen molar-refractivity contribution in [3.8, 4) is 5.75 Å². The quantitative estimate of drug-likeness (QED) is 0.931. The van der Waals surface area contributed by atoms with Crippen LogP contribution in [0.4, 0.5) is 0 Å². The first kappa shape index (κ1) is 17.3. The van der Waals surface area contributed by atoms with Crippen LogP contribution in [0.3, 0.4) is 0 Å². The number of piperidine rings is 1. The van der Waals surface area contributed by atoms with Crippen molar-refractivity contribution in [3.63, 3.8) is 0 Å². The number of carbonyl (C=O) groups excluding carboxylic acids is 1. The van der Waals surface area contributed by atoms with Gasteiger partial charge in [-0.1, -0.05) is 12.1 Å². The molecule has 0 radical (unpaired) electrons. The fourth-order valence-electron chi connectivity index (χ4n) is 3.49. The Kier molecular flexibility index (Phi) is 5.22. The minimum Gasteiger partial charge on any atom is -0.497 e. The predicted octanol–water partition coefficient (Wildman–Crippen LogP) is 2.79. The first-order chi connectivity index (χ1) is 12.1. The summed E-state index contributed by atoms with van der Waals surface area (Å²) in [5.41, 5.74) is 2.40. The van der Waals surface area contributed by atoms with Crippen LogP contribution in [-0.4, -0.2) is 36.0 Å². The van der Waals surface area contributed by atoms with E-state index in [1.165, 1.54) is 17.8 Å². The lowest BCUT2D eigenvalue weighted by Crippen LogP contribution is -2.41. The summed E-state index contributed by atoms with van der Waals surface area (Å²) in [7, 11) is 1.67. The van der Waals surface area contributed by atoms with Crippen LogP contribution in [0.25, 0.3) is 0 Å². The third-order valence-electron chi connectivity index (χ3n) is 4.85. The normalized spacial score (nSPS) is 17.4. The molecule has 0 aliphatic carbocycles. The highest BCUT2D eigenvalue weighted by Gasteiger charge is 2.25. The molecule has 1 amide bonds. The number of amides is 1. The number of methoxy groups -OCH3 is 1. The van der Waals surface area contributed by atoms with E-state index in [1.807, 2.05) is 17.0 Å². The van der Waals surface area contributed by atoms with E-state index in [0.717, 1.165) is 43.7 Å². The second kappa shape index (κ2) is 7.55. The zero-order valence-electron chi connectivity index (χ0n) is 14.7. The van der Waals surface area contributed by atoms with Crippen molar-refractivity contribution in [1.29, 1.82) is 0 Å². The van der Waals surface area contributed by atoms with Gasteiger partial charge in [0.1, 0.15) is 5.75 Å². The molecule has 1 aliphatic rings. The highest BCUT2D eigenvalue weighted by molar-refractivity contribution is 5.95. The minimum absolute atomic E-state index is 0.00757. The van der Waals surface area contributed by atoms with Crippen LogP contribution in [0.2, 0.25) is 0 Å². The van der Waals surface area contributed by atoms with Gasteiger partial charge in [-0.25, -0.2) is 0 Å². The third kappa shape index (κ3) is 4.10. The SMILES string of the molecule is COc1ccc(C[C@H]2CCCN(C(=O)c3c[nH]c(=O)cc3C)C2)cc1. The van der Waals surface area contributed by atoms with Gasteiger partial charge in [-0.05, 0) is 55.4 Å². The van der Waals surface area contributed by atoms with Gasteiger partial charge in [-0.3, -0.25) is 9.59 Å². The van der Waals surface area contributed by atoms with E-state index < -0.39 is 0 Å². The summed E-state index contributed by atoms with van der Waals surface area (Å²) < 4.78 is 5.20. The summed E-state index contributed by atoms with van der Waals surface area (Å²) in [6, 6.07) is 9.61.